The van der Waals surface area contributed by atoms with Crippen LogP contribution in [0.25, 0.3) is 0 Å². The highest BCUT2D eigenvalue weighted by Gasteiger charge is 2.52. The maximum Gasteiger partial charge on any atom is 0.331 e. The Hall–Kier alpha value is -3.67. The van der Waals surface area contributed by atoms with Crippen molar-refractivity contribution in [1.29, 1.82) is 0 Å². The fourth-order valence-corrected chi connectivity index (χ4v) is 4.20. The van der Waals surface area contributed by atoms with Crippen LogP contribution in [0.2, 0.25) is 0 Å². The number of hydrogen-bond acceptors (Lipinski definition) is 11. The Balaban J connectivity index is 1.93. The van der Waals surface area contributed by atoms with Crippen molar-refractivity contribution in [2.24, 2.45) is 5.92 Å². The summed E-state index contributed by atoms with van der Waals surface area (Å²) in [6.45, 7) is 6.21. The standard InChI is InChI=1S/C24H29NO11/c1-11-8-20(30)35-18-9-16(6-7-17(11)18)34-24-21(25-12(2)26)23(33-15(5)29)22(32-14(4)28)19(36-24)10-31-13(3)27/h6-9,17-19,21-24H,10H2,1-5H3,(H,25,26)/t17?,18?,19-,21-,22-,23-,24-/m1/s1. The molecule has 2 unspecified atom stereocenters. The molecule has 3 rings (SSSR count). The smallest absolute Gasteiger partial charge is 0.331 e. The number of fused-ring (bicyclic) bond motifs is 1. The Morgan fingerprint density at radius 1 is 1.00 bits per heavy atom. The third-order valence-electron chi connectivity index (χ3n) is 5.60. The van der Waals surface area contributed by atoms with Gasteiger partial charge in [-0.2, -0.15) is 0 Å². The van der Waals surface area contributed by atoms with E-state index < -0.39 is 66.5 Å². The molecule has 1 N–H and O–H groups in total. The summed E-state index contributed by atoms with van der Waals surface area (Å²) in [4.78, 5) is 59.1. The molecule has 0 aromatic rings. The minimum Gasteiger partial charge on any atom is -0.463 e. The lowest BCUT2D eigenvalue weighted by atomic mass is 9.88. The van der Waals surface area contributed by atoms with Gasteiger partial charge in [0, 0.05) is 39.7 Å². The van der Waals surface area contributed by atoms with Crippen LogP contribution in [-0.4, -0.2) is 73.1 Å². The molecule has 36 heavy (non-hydrogen) atoms. The van der Waals surface area contributed by atoms with Gasteiger partial charge in [0.2, 0.25) is 12.2 Å². The summed E-state index contributed by atoms with van der Waals surface area (Å²) in [5.41, 5.74) is 0.827. The SMILES string of the molecule is CC(=O)N[C@H]1[C@H](OC2=CC3OC(=O)C=C(C)C3C=C2)O[C@H](COC(C)=O)[C@@H](OC(C)=O)[C@@H]1OC(C)=O. The summed E-state index contributed by atoms with van der Waals surface area (Å²) in [7, 11) is 0. The number of carbonyl (C=O) groups is 5. The molecular formula is C24H29NO11. The summed E-state index contributed by atoms with van der Waals surface area (Å²) in [5, 5.41) is 2.62. The van der Waals surface area contributed by atoms with Gasteiger partial charge >= 0.3 is 23.9 Å². The second kappa shape index (κ2) is 11.4. The molecule has 0 saturated carbocycles. The van der Waals surface area contributed by atoms with Gasteiger partial charge in [-0.25, -0.2) is 4.79 Å². The number of allylic oxidation sites excluding steroid dienone is 1. The average molecular weight is 507 g/mol. The maximum atomic E-state index is 12.0. The summed E-state index contributed by atoms with van der Waals surface area (Å²) in [5.74, 6) is -2.91. The number of carbonyl (C=O) groups excluding carboxylic acids is 5. The lowest BCUT2D eigenvalue weighted by Crippen LogP contribution is -2.66. The van der Waals surface area contributed by atoms with Gasteiger partial charge in [0.1, 0.15) is 30.6 Å². The highest BCUT2D eigenvalue weighted by atomic mass is 16.7. The van der Waals surface area contributed by atoms with Crippen LogP contribution in [0.4, 0.5) is 0 Å². The van der Waals surface area contributed by atoms with E-state index in [1.807, 2.05) is 6.92 Å². The molecule has 7 atom stereocenters. The first-order valence-corrected chi connectivity index (χ1v) is 11.3. The number of amides is 1. The monoisotopic (exact) mass is 507 g/mol. The van der Waals surface area contributed by atoms with Crippen molar-refractivity contribution in [3.63, 3.8) is 0 Å². The predicted octanol–water partition coefficient (Wildman–Crippen LogP) is 0.601. The number of rotatable bonds is 7. The molecule has 12 nitrogen and oxygen atoms in total. The third kappa shape index (κ3) is 6.72. The van der Waals surface area contributed by atoms with Crippen LogP contribution in [0, 0.1) is 5.92 Å². The topological polar surface area (TPSA) is 153 Å². The van der Waals surface area contributed by atoms with Crippen molar-refractivity contribution in [2.75, 3.05) is 6.61 Å². The second-order valence-electron chi connectivity index (χ2n) is 8.58. The Kier molecular flexibility index (Phi) is 8.51. The highest BCUT2D eigenvalue weighted by Crippen LogP contribution is 2.33. The molecule has 1 amide bonds. The van der Waals surface area contributed by atoms with Crippen molar-refractivity contribution in [3.05, 3.63) is 35.6 Å². The summed E-state index contributed by atoms with van der Waals surface area (Å²) >= 11 is 0. The molecule has 12 heteroatoms. The fraction of sp³-hybridized carbons (Fsp3) is 0.542. The zero-order chi connectivity index (χ0) is 26.6. The minimum atomic E-state index is -1.27. The van der Waals surface area contributed by atoms with Gasteiger partial charge < -0.3 is 33.7 Å². The zero-order valence-corrected chi connectivity index (χ0v) is 20.5. The molecule has 3 aliphatic rings. The second-order valence-corrected chi connectivity index (χ2v) is 8.58. The zero-order valence-electron chi connectivity index (χ0n) is 20.5. The van der Waals surface area contributed by atoms with Gasteiger partial charge in [-0.3, -0.25) is 19.2 Å². The van der Waals surface area contributed by atoms with Crippen molar-refractivity contribution in [1.82, 2.24) is 5.32 Å². The highest BCUT2D eigenvalue weighted by molar-refractivity contribution is 5.84. The van der Waals surface area contributed by atoms with Gasteiger partial charge in [0.05, 0.1) is 0 Å². The predicted molar refractivity (Wildman–Crippen MR) is 119 cm³/mol. The Bertz CT molecular complexity index is 1010. The van der Waals surface area contributed by atoms with E-state index in [0.29, 0.717) is 0 Å². The number of nitrogens with one attached hydrogen (secondary N) is 1. The van der Waals surface area contributed by atoms with E-state index in [-0.39, 0.29) is 18.3 Å². The summed E-state index contributed by atoms with van der Waals surface area (Å²) in [6, 6.07) is -1.12. The quantitative estimate of drug-likeness (QED) is 0.381. The largest absolute Gasteiger partial charge is 0.463 e. The van der Waals surface area contributed by atoms with Gasteiger partial charge in [-0.05, 0) is 19.1 Å². The minimum absolute atomic E-state index is 0.160. The third-order valence-corrected chi connectivity index (χ3v) is 5.60. The Morgan fingerprint density at radius 3 is 2.28 bits per heavy atom. The molecule has 2 heterocycles. The first-order chi connectivity index (χ1) is 16.9. The lowest BCUT2D eigenvalue weighted by molar-refractivity contribution is -0.268. The molecule has 196 valence electrons. The van der Waals surface area contributed by atoms with E-state index >= 15 is 0 Å². The van der Waals surface area contributed by atoms with Crippen molar-refractivity contribution in [2.45, 2.75) is 71.4 Å². The van der Waals surface area contributed by atoms with E-state index in [0.717, 1.165) is 19.4 Å². The molecular weight excluding hydrogens is 478 g/mol. The summed E-state index contributed by atoms with van der Waals surface area (Å²) < 4.78 is 33.2. The Labute approximate surface area is 207 Å². The van der Waals surface area contributed by atoms with Gasteiger partial charge in [0.15, 0.2) is 12.2 Å². The molecule has 0 aromatic carbocycles. The van der Waals surface area contributed by atoms with Crippen molar-refractivity contribution < 1.29 is 52.4 Å². The molecule has 0 radical (unpaired) electrons. The van der Waals surface area contributed by atoms with Crippen LogP contribution >= 0.6 is 0 Å². The molecule has 0 aromatic heterocycles. The van der Waals surface area contributed by atoms with Crippen molar-refractivity contribution >= 4 is 29.8 Å². The van der Waals surface area contributed by atoms with Gasteiger partial charge in [-0.15, -0.1) is 0 Å². The number of esters is 4. The van der Waals surface area contributed by atoms with E-state index in [4.69, 9.17) is 28.4 Å². The number of ether oxygens (including phenoxy) is 6. The van der Waals surface area contributed by atoms with Crippen LogP contribution in [0.5, 0.6) is 0 Å². The first kappa shape index (κ1) is 26.9. The van der Waals surface area contributed by atoms with Crippen LogP contribution in [0.1, 0.15) is 34.6 Å². The van der Waals surface area contributed by atoms with E-state index in [1.165, 1.54) is 19.9 Å². The fourth-order valence-electron chi connectivity index (χ4n) is 4.20. The van der Waals surface area contributed by atoms with E-state index in [1.54, 1.807) is 18.2 Å². The molecule has 0 bridgehead atoms. The van der Waals surface area contributed by atoms with Crippen molar-refractivity contribution in [3.8, 4) is 0 Å². The lowest BCUT2D eigenvalue weighted by Gasteiger charge is -2.45. The molecule has 1 saturated heterocycles. The molecule has 1 aliphatic carbocycles. The molecule has 0 spiro atoms. The first-order valence-electron chi connectivity index (χ1n) is 11.3. The van der Waals surface area contributed by atoms with Crippen LogP contribution in [0.15, 0.2) is 35.6 Å². The maximum absolute atomic E-state index is 12.0. The van der Waals surface area contributed by atoms with Crippen LogP contribution < -0.4 is 5.32 Å². The summed E-state index contributed by atoms with van der Waals surface area (Å²) in [6.07, 6.45) is 1.02. The van der Waals surface area contributed by atoms with Crippen LogP contribution in [0.3, 0.4) is 0 Å². The number of hydrogen-bond donors (Lipinski definition) is 1. The normalized spacial score (nSPS) is 31.0. The Morgan fingerprint density at radius 2 is 1.67 bits per heavy atom. The van der Waals surface area contributed by atoms with E-state index in [9.17, 15) is 24.0 Å². The van der Waals surface area contributed by atoms with E-state index in [2.05, 4.69) is 5.32 Å². The van der Waals surface area contributed by atoms with Gasteiger partial charge in [-0.1, -0.05) is 11.6 Å². The molecule has 2 aliphatic heterocycles. The average Bonchev–Trinajstić information content (AvgIpc) is 2.75. The molecule has 1 fully saturated rings. The van der Waals surface area contributed by atoms with Gasteiger partial charge in [0.25, 0.3) is 0 Å². The van der Waals surface area contributed by atoms with Crippen LogP contribution in [-0.2, 0) is 52.4 Å².